The summed E-state index contributed by atoms with van der Waals surface area (Å²) in [6.07, 6.45) is 1.23. The lowest BCUT2D eigenvalue weighted by atomic mass is 10.1. The van der Waals surface area contributed by atoms with Crippen LogP contribution in [0.15, 0.2) is 48.5 Å². The zero-order valence-corrected chi connectivity index (χ0v) is 13.7. The molecule has 5 heteroatoms. The van der Waals surface area contributed by atoms with Gasteiger partial charge in [-0.05, 0) is 42.8 Å². The summed E-state index contributed by atoms with van der Waals surface area (Å²) < 4.78 is 5.19. The molecular formula is C19H21N3O2. The summed E-state index contributed by atoms with van der Waals surface area (Å²) in [4.78, 5) is 11.9. The average molecular weight is 323 g/mol. The van der Waals surface area contributed by atoms with Crippen LogP contribution in [0.3, 0.4) is 0 Å². The van der Waals surface area contributed by atoms with Crippen LogP contribution in [0.25, 0.3) is 0 Å². The second kappa shape index (κ2) is 9.33. The molecule has 2 rings (SSSR count). The number of anilines is 1. The first-order valence-electron chi connectivity index (χ1n) is 7.85. The van der Waals surface area contributed by atoms with Gasteiger partial charge in [0, 0.05) is 13.0 Å². The molecule has 0 fully saturated rings. The number of carbonyl (C=O) groups excluding carboxylic acids is 1. The molecule has 2 N–H and O–H groups in total. The van der Waals surface area contributed by atoms with Gasteiger partial charge < -0.3 is 15.4 Å². The molecule has 0 spiro atoms. The summed E-state index contributed by atoms with van der Waals surface area (Å²) in [5, 5.41) is 15.0. The number of amides is 1. The van der Waals surface area contributed by atoms with E-state index in [-0.39, 0.29) is 5.91 Å². The highest BCUT2D eigenvalue weighted by Crippen LogP contribution is 2.14. The monoisotopic (exact) mass is 323 g/mol. The zero-order chi connectivity index (χ0) is 17.2. The highest BCUT2D eigenvalue weighted by molar-refractivity contribution is 5.92. The van der Waals surface area contributed by atoms with Crippen molar-refractivity contribution >= 4 is 11.6 Å². The summed E-state index contributed by atoms with van der Waals surface area (Å²) >= 11 is 0. The van der Waals surface area contributed by atoms with E-state index in [0.29, 0.717) is 24.2 Å². The lowest BCUT2D eigenvalue weighted by Crippen LogP contribution is -2.23. The molecule has 0 aromatic heterocycles. The standard InChI is InChI=1S/C19H21N3O2/c1-24-17-7-4-5-15(13-17)9-11-21-12-10-19(23)22-18-8-3-2-6-16(18)14-20/h2-8,13,21H,9-12H2,1H3,(H,22,23). The van der Waals surface area contributed by atoms with Crippen molar-refractivity contribution < 1.29 is 9.53 Å². The Balaban J connectivity index is 1.68. The predicted octanol–water partition coefficient (Wildman–Crippen LogP) is 2.73. The van der Waals surface area contributed by atoms with Crippen molar-refractivity contribution in [3.63, 3.8) is 0 Å². The van der Waals surface area contributed by atoms with Crippen LogP contribution in [0, 0.1) is 11.3 Å². The highest BCUT2D eigenvalue weighted by Gasteiger charge is 2.05. The topological polar surface area (TPSA) is 74.2 Å². The maximum Gasteiger partial charge on any atom is 0.225 e. The van der Waals surface area contributed by atoms with Crippen molar-refractivity contribution in [1.29, 1.82) is 5.26 Å². The van der Waals surface area contributed by atoms with E-state index in [1.807, 2.05) is 18.2 Å². The molecule has 0 aliphatic carbocycles. The van der Waals surface area contributed by atoms with E-state index >= 15 is 0 Å². The summed E-state index contributed by atoms with van der Waals surface area (Å²) in [6, 6.07) is 17.0. The minimum atomic E-state index is -0.105. The van der Waals surface area contributed by atoms with Crippen molar-refractivity contribution in [3.8, 4) is 11.8 Å². The number of para-hydroxylation sites is 1. The predicted molar refractivity (Wildman–Crippen MR) is 94.0 cm³/mol. The van der Waals surface area contributed by atoms with Crippen molar-refractivity contribution in [2.75, 3.05) is 25.5 Å². The second-order valence-electron chi connectivity index (χ2n) is 5.31. The van der Waals surface area contributed by atoms with Gasteiger partial charge in [0.2, 0.25) is 5.91 Å². The minimum Gasteiger partial charge on any atom is -0.497 e. The van der Waals surface area contributed by atoms with Crippen LogP contribution in [-0.2, 0) is 11.2 Å². The van der Waals surface area contributed by atoms with Crippen molar-refractivity contribution in [1.82, 2.24) is 5.32 Å². The highest BCUT2D eigenvalue weighted by atomic mass is 16.5. The smallest absolute Gasteiger partial charge is 0.225 e. The van der Waals surface area contributed by atoms with Crippen LogP contribution in [0.2, 0.25) is 0 Å². The molecule has 0 atom stereocenters. The molecule has 124 valence electrons. The Kier molecular flexibility index (Phi) is 6.81. The number of nitriles is 1. The Morgan fingerprint density at radius 3 is 2.79 bits per heavy atom. The third-order valence-corrected chi connectivity index (χ3v) is 3.58. The number of methoxy groups -OCH3 is 1. The third kappa shape index (κ3) is 5.41. The Bertz CT molecular complexity index is 723. The largest absolute Gasteiger partial charge is 0.497 e. The maximum absolute atomic E-state index is 11.9. The van der Waals surface area contributed by atoms with E-state index in [0.717, 1.165) is 18.7 Å². The fraction of sp³-hybridized carbons (Fsp3) is 0.263. The number of ether oxygens (including phenoxy) is 1. The van der Waals surface area contributed by atoms with Gasteiger partial charge in [-0.25, -0.2) is 0 Å². The molecule has 24 heavy (non-hydrogen) atoms. The molecule has 1 amide bonds. The Morgan fingerprint density at radius 1 is 1.17 bits per heavy atom. The SMILES string of the molecule is COc1cccc(CCNCCC(=O)Nc2ccccc2C#N)c1. The minimum absolute atomic E-state index is 0.105. The van der Waals surface area contributed by atoms with E-state index in [9.17, 15) is 4.79 Å². The van der Waals surface area contributed by atoms with Gasteiger partial charge in [-0.1, -0.05) is 24.3 Å². The Hall–Kier alpha value is -2.84. The van der Waals surface area contributed by atoms with Gasteiger partial charge >= 0.3 is 0 Å². The lowest BCUT2D eigenvalue weighted by Gasteiger charge is -2.08. The molecule has 0 radical (unpaired) electrons. The molecule has 0 heterocycles. The molecule has 2 aromatic rings. The maximum atomic E-state index is 11.9. The summed E-state index contributed by atoms with van der Waals surface area (Å²) in [7, 11) is 1.65. The van der Waals surface area contributed by atoms with Crippen molar-refractivity contribution in [2.24, 2.45) is 0 Å². The Labute approximate surface area is 142 Å². The number of hydrogen-bond donors (Lipinski definition) is 2. The van der Waals surface area contributed by atoms with Gasteiger partial charge in [0.25, 0.3) is 0 Å². The fourth-order valence-electron chi connectivity index (χ4n) is 2.29. The number of carbonyl (C=O) groups is 1. The van der Waals surface area contributed by atoms with Crippen LogP contribution in [0.1, 0.15) is 17.5 Å². The Morgan fingerprint density at radius 2 is 2.00 bits per heavy atom. The van der Waals surface area contributed by atoms with E-state index in [1.54, 1.807) is 31.4 Å². The summed E-state index contributed by atoms with van der Waals surface area (Å²) in [5.41, 5.74) is 2.22. The molecule has 0 aliphatic heterocycles. The van der Waals surface area contributed by atoms with E-state index in [1.165, 1.54) is 5.56 Å². The molecule has 0 bridgehead atoms. The lowest BCUT2D eigenvalue weighted by molar-refractivity contribution is -0.116. The summed E-state index contributed by atoms with van der Waals surface area (Å²) in [6.45, 7) is 1.37. The van der Waals surface area contributed by atoms with E-state index in [2.05, 4.69) is 22.8 Å². The van der Waals surface area contributed by atoms with Crippen LogP contribution in [-0.4, -0.2) is 26.1 Å². The zero-order valence-electron chi connectivity index (χ0n) is 13.7. The van der Waals surface area contributed by atoms with Gasteiger partial charge in [-0.3, -0.25) is 4.79 Å². The molecule has 2 aromatic carbocycles. The molecular weight excluding hydrogens is 302 g/mol. The van der Waals surface area contributed by atoms with Gasteiger partial charge in [0.05, 0.1) is 18.4 Å². The van der Waals surface area contributed by atoms with Gasteiger partial charge in [0.1, 0.15) is 11.8 Å². The molecule has 0 saturated heterocycles. The molecule has 0 unspecified atom stereocenters. The number of nitrogens with zero attached hydrogens (tertiary/aromatic N) is 1. The number of benzene rings is 2. The fourth-order valence-corrected chi connectivity index (χ4v) is 2.29. The number of hydrogen-bond acceptors (Lipinski definition) is 4. The van der Waals surface area contributed by atoms with Crippen LogP contribution in [0.4, 0.5) is 5.69 Å². The van der Waals surface area contributed by atoms with Crippen molar-refractivity contribution in [2.45, 2.75) is 12.8 Å². The van der Waals surface area contributed by atoms with E-state index < -0.39 is 0 Å². The van der Waals surface area contributed by atoms with Crippen LogP contribution in [0.5, 0.6) is 5.75 Å². The number of nitrogens with one attached hydrogen (secondary N) is 2. The first-order chi connectivity index (χ1) is 11.7. The van der Waals surface area contributed by atoms with Crippen molar-refractivity contribution in [3.05, 3.63) is 59.7 Å². The van der Waals surface area contributed by atoms with Gasteiger partial charge in [-0.2, -0.15) is 5.26 Å². The number of rotatable bonds is 8. The van der Waals surface area contributed by atoms with Crippen LogP contribution >= 0.6 is 0 Å². The van der Waals surface area contributed by atoms with Gasteiger partial charge in [-0.15, -0.1) is 0 Å². The van der Waals surface area contributed by atoms with Gasteiger partial charge in [0.15, 0.2) is 0 Å². The van der Waals surface area contributed by atoms with E-state index in [4.69, 9.17) is 10.00 Å². The summed E-state index contributed by atoms with van der Waals surface area (Å²) in [5.74, 6) is 0.745. The normalized spacial score (nSPS) is 10.0. The quantitative estimate of drug-likeness (QED) is 0.733. The third-order valence-electron chi connectivity index (χ3n) is 3.58. The van der Waals surface area contributed by atoms with Crippen LogP contribution < -0.4 is 15.4 Å². The first kappa shape index (κ1) is 17.5. The molecule has 5 nitrogen and oxygen atoms in total. The average Bonchev–Trinajstić information content (AvgIpc) is 2.62. The molecule has 0 aliphatic rings. The molecule has 0 saturated carbocycles. The first-order valence-corrected chi connectivity index (χ1v) is 7.85. The second-order valence-corrected chi connectivity index (χ2v) is 5.31.